The first-order valence-electron chi connectivity index (χ1n) is 5.60. The summed E-state index contributed by atoms with van der Waals surface area (Å²) in [6.45, 7) is 0. The number of dihydropyridines is 1. The van der Waals surface area contributed by atoms with Crippen LogP contribution >= 0.6 is 0 Å². The molecule has 0 amide bonds. The lowest BCUT2D eigenvalue weighted by molar-refractivity contribution is 0.186. The topological polar surface area (TPSA) is 30.8 Å². The Morgan fingerprint density at radius 3 is 3.12 bits per heavy atom. The van der Waals surface area contributed by atoms with Crippen LogP contribution in [0.1, 0.15) is 5.56 Å². The number of nitrogens with zero attached hydrogens (tertiary/aromatic N) is 1. The van der Waals surface area contributed by atoms with Crippen LogP contribution in [0.3, 0.4) is 0 Å². The fourth-order valence-corrected chi connectivity index (χ4v) is 2.08. The molecule has 17 heavy (non-hydrogen) atoms. The molecule has 1 aromatic carbocycles. The smallest absolute Gasteiger partial charge is 0.199 e. The Kier molecular flexibility index (Phi) is 2.44. The second kappa shape index (κ2) is 4.09. The third-order valence-corrected chi connectivity index (χ3v) is 2.96. The minimum Gasteiger partial charge on any atom is -0.496 e. The van der Waals surface area contributed by atoms with E-state index in [9.17, 15) is 0 Å². The van der Waals surface area contributed by atoms with Gasteiger partial charge in [0, 0.05) is 6.21 Å². The highest BCUT2D eigenvalue weighted by Crippen LogP contribution is 2.35. The summed E-state index contributed by atoms with van der Waals surface area (Å²) in [5, 5.41) is 0. The number of methoxy groups -OCH3 is 1. The molecule has 0 saturated heterocycles. The van der Waals surface area contributed by atoms with Gasteiger partial charge < -0.3 is 9.47 Å². The van der Waals surface area contributed by atoms with Crippen molar-refractivity contribution in [1.82, 2.24) is 0 Å². The molecule has 3 rings (SSSR count). The summed E-state index contributed by atoms with van der Waals surface area (Å²) in [7, 11) is 1.67. The highest BCUT2D eigenvalue weighted by atomic mass is 16.5. The van der Waals surface area contributed by atoms with E-state index in [0.717, 1.165) is 17.1 Å². The molecule has 3 heteroatoms. The van der Waals surface area contributed by atoms with Gasteiger partial charge in [-0.2, -0.15) is 0 Å². The Labute approximate surface area is 100 Å². The van der Waals surface area contributed by atoms with Gasteiger partial charge in [0.05, 0.1) is 18.6 Å². The number of ether oxygens (including phenoxy) is 2. The number of allylic oxidation sites excluding steroid dienone is 1. The van der Waals surface area contributed by atoms with Crippen LogP contribution in [0.2, 0.25) is 0 Å². The summed E-state index contributed by atoms with van der Waals surface area (Å²) in [6, 6.07) is 5.80. The van der Waals surface area contributed by atoms with Gasteiger partial charge in [0.1, 0.15) is 11.5 Å². The van der Waals surface area contributed by atoms with Crippen LogP contribution in [-0.2, 0) is 0 Å². The van der Waals surface area contributed by atoms with Crippen LogP contribution in [0.25, 0.3) is 6.08 Å². The Balaban J connectivity index is 2.06. The molecule has 3 nitrogen and oxygen atoms in total. The molecular weight excluding hydrogens is 214 g/mol. The molecular formula is C14H13NO2. The predicted octanol–water partition coefficient (Wildman–Crippen LogP) is 2.68. The molecule has 0 saturated carbocycles. The van der Waals surface area contributed by atoms with Crippen molar-refractivity contribution in [1.29, 1.82) is 0 Å². The summed E-state index contributed by atoms with van der Waals surface area (Å²) >= 11 is 0. The van der Waals surface area contributed by atoms with Crippen molar-refractivity contribution in [2.45, 2.75) is 6.23 Å². The maximum atomic E-state index is 5.91. The van der Waals surface area contributed by atoms with E-state index >= 15 is 0 Å². The van der Waals surface area contributed by atoms with Gasteiger partial charge in [-0.05, 0) is 18.2 Å². The molecule has 0 spiro atoms. The summed E-state index contributed by atoms with van der Waals surface area (Å²) in [5.41, 5.74) is 0.980. The third kappa shape index (κ3) is 1.73. The Morgan fingerprint density at radius 2 is 2.24 bits per heavy atom. The van der Waals surface area contributed by atoms with E-state index in [1.165, 1.54) is 0 Å². The summed E-state index contributed by atoms with van der Waals surface area (Å²) in [6.07, 6.45) is 9.80. The summed E-state index contributed by atoms with van der Waals surface area (Å²) < 4.78 is 11.2. The fourth-order valence-electron chi connectivity index (χ4n) is 2.08. The van der Waals surface area contributed by atoms with Crippen molar-refractivity contribution in [3.8, 4) is 11.5 Å². The number of hydrogen-bond acceptors (Lipinski definition) is 3. The minimum absolute atomic E-state index is 0.162. The molecule has 0 aliphatic carbocycles. The largest absolute Gasteiger partial charge is 0.496 e. The zero-order valence-corrected chi connectivity index (χ0v) is 9.54. The van der Waals surface area contributed by atoms with Crippen molar-refractivity contribution in [3.63, 3.8) is 0 Å². The van der Waals surface area contributed by atoms with Gasteiger partial charge in [0.2, 0.25) is 0 Å². The number of aliphatic imine (C=N–C) groups is 1. The van der Waals surface area contributed by atoms with Gasteiger partial charge in [-0.3, -0.25) is 0 Å². The van der Waals surface area contributed by atoms with Gasteiger partial charge in [-0.25, -0.2) is 4.99 Å². The lowest BCUT2D eigenvalue weighted by Crippen LogP contribution is -2.23. The van der Waals surface area contributed by atoms with E-state index in [-0.39, 0.29) is 12.1 Å². The average Bonchev–Trinajstić information content (AvgIpc) is 2.57. The number of benzene rings is 1. The van der Waals surface area contributed by atoms with Gasteiger partial charge in [-0.1, -0.05) is 24.3 Å². The molecule has 2 unspecified atom stereocenters. The number of rotatable bonds is 1. The normalized spacial score (nSPS) is 24.5. The van der Waals surface area contributed by atoms with E-state index < -0.39 is 0 Å². The first-order chi connectivity index (χ1) is 8.38. The molecule has 0 aromatic heterocycles. The average molecular weight is 227 g/mol. The molecule has 2 heterocycles. The minimum atomic E-state index is -0.162. The fraction of sp³-hybridized carbons (Fsp3) is 0.214. The lowest BCUT2D eigenvalue weighted by Gasteiger charge is -2.20. The van der Waals surface area contributed by atoms with E-state index in [0.29, 0.717) is 0 Å². The summed E-state index contributed by atoms with van der Waals surface area (Å²) in [5.74, 6) is 1.84. The highest BCUT2D eigenvalue weighted by molar-refractivity contribution is 5.73. The van der Waals surface area contributed by atoms with Gasteiger partial charge in [-0.15, -0.1) is 0 Å². The van der Waals surface area contributed by atoms with Gasteiger partial charge >= 0.3 is 0 Å². The molecule has 86 valence electrons. The molecule has 0 fully saturated rings. The van der Waals surface area contributed by atoms with Crippen LogP contribution in [0.15, 0.2) is 41.4 Å². The van der Waals surface area contributed by atoms with Crippen LogP contribution in [0, 0.1) is 5.92 Å². The van der Waals surface area contributed by atoms with Gasteiger partial charge in [0.25, 0.3) is 0 Å². The first kappa shape index (κ1) is 10.1. The van der Waals surface area contributed by atoms with Crippen LogP contribution in [-0.4, -0.2) is 19.6 Å². The Hall–Kier alpha value is -2.03. The monoisotopic (exact) mass is 227 g/mol. The molecule has 0 bridgehead atoms. The highest BCUT2D eigenvalue weighted by Gasteiger charge is 2.23. The number of hydrogen-bond donors (Lipinski definition) is 0. The molecule has 0 N–H and O–H groups in total. The molecule has 1 aromatic rings. The van der Waals surface area contributed by atoms with E-state index in [2.05, 4.69) is 17.1 Å². The van der Waals surface area contributed by atoms with Crippen molar-refractivity contribution >= 4 is 12.3 Å². The Bertz CT molecular complexity index is 517. The van der Waals surface area contributed by atoms with Crippen LogP contribution in [0.4, 0.5) is 0 Å². The summed E-state index contributed by atoms with van der Waals surface area (Å²) in [4.78, 5) is 4.34. The van der Waals surface area contributed by atoms with Crippen molar-refractivity contribution in [2.24, 2.45) is 10.9 Å². The second-order valence-corrected chi connectivity index (χ2v) is 4.00. The zero-order chi connectivity index (χ0) is 11.7. The predicted molar refractivity (Wildman–Crippen MR) is 67.6 cm³/mol. The van der Waals surface area contributed by atoms with E-state index in [1.807, 2.05) is 30.4 Å². The standard InChI is InChI=1S/C14H13NO2/c1-16-12-5-2-6-13-11(12)8-7-10-4-3-9-15-14(10)17-13/h2-10,14H,1H3. The Morgan fingerprint density at radius 1 is 1.29 bits per heavy atom. The van der Waals surface area contributed by atoms with Crippen molar-refractivity contribution < 1.29 is 9.47 Å². The molecule has 0 radical (unpaired) electrons. The first-order valence-corrected chi connectivity index (χ1v) is 5.60. The maximum Gasteiger partial charge on any atom is 0.199 e. The quantitative estimate of drug-likeness (QED) is 0.738. The SMILES string of the molecule is COc1cccc2c1C=CC1C=CC=NC1O2. The zero-order valence-electron chi connectivity index (χ0n) is 9.54. The molecule has 2 atom stereocenters. The van der Waals surface area contributed by atoms with Crippen molar-refractivity contribution in [2.75, 3.05) is 7.11 Å². The number of fused-ring (bicyclic) bond motifs is 2. The van der Waals surface area contributed by atoms with E-state index in [1.54, 1.807) is 13.3 Å². The van der Waals surface area contributed by atoms with Crippen LogP contribution < -0.4 is 9.47 Å². The third-order valence-electron chi connectivity index (χ3n) is 2.96. The van der Waals surface area contributed by atoms with Gasteiger partial charge in [0.15, 0.2) is 6.23 Å². The molecule has 2 aliphatic heterocycles. The lowest BCUT2D eigenvalue weighted by atomic mass is 10.0. The van der Waals surface area contributed by atoms with Crippen LogP contribution in [0.5, 0.6) is 11.5 Å². The maximum absolute atomic E-state index is 5.91. The molecule has 2 aliphatic rings. The van der Waals surface area contributed by atoms with E-state index in [4.69, 9.17) is 9.47 Å². The van der Waals surface area contributed by atoms with Crippen molar-refractivity contribution in [3.05, 3.63) is 42.0 Å². The second-order valence-electron chi connectivity index (χ2n) is 4.00.